The summed E-state index contributed by atoms with van der Waals surface area (Å²) < 4.78 is 7.36. The summed E-state index contributed by atoms with van der Waals surface area (Å²) in [6, 6.07) is 5.67. The van der Waals surface area contributed by atoms with Crippen molar-refractivity contribution in [2.24, 2.45) is 0 Å². The number of hydrogen-bond acceptors (Lipinski definition) is 7. The molecule has 0 radical (unpaired) electrons. The van der Waals surface area contributed by atoms with Gasteiger partial charge < -0.3 is 20.3 Å². The van der Waals surface area contributed by atoms with Gasteiger partial charge in [-0.1, -0.05) is 19.9 Å². The number of hydrogen-bond donors (Lipinski definition) is 2. The van der Waals surface area contributed by atoms with Gasteiger partial charge in [0, 0.05) is 25.5 Å². The molecule has 2 aromatic rings. The minimum absolute atomic E-state index is 0.240. The molecule has 0 aliphatic rings. The van der Waals surface area contributed by atoms with E-state index in [0.717, 1.165) is 70.5 Å². The molecule has 178 valence electrons. The SMILES string of the molecule is CCCNCCCOCc1ccc(Nc2ccn(CCCCN(C)CCC)c(=O)n2)nc1. The third kappa shape index (κ3) is 10.3. The second-order valence-electron chi connectivity index (χ2n) is 8.13. The highest BCUT2D eigenvalue weighted by atomic mass is 16.5. The first kappa shape index (κ1) is 26.0. The van der Waals surface area contributed by atoms with Crippen molar-refractivity contribution in [3.63, 3.8) is 0 Å². The molecule has 2 rings (SSSR count). The fourth-order valence-corrected chi connectivity index (χ4v) is 3.33. The molecule has 0 atom stereocenters. The van der Waals surface area contributed by atoms with Crippen LogP contribution in [0.4, 0.5) is 11.6 Å². The van der Waals surface area contributed by atoms with Crippen molar-refractivity contribution in [2.45, 2.75) is 59.1 Å². The zero-order valence-corrected chi connectivity index (χ0v) is 20.0. The highest BCUT2D eigenvalue weighted by Crippen LogP contribution is 2.11. The average Bonchev–Trinajstić information content (AvgIpc) is 2.78. The summed E-state index contributed by atoms with van der Waals surface area (Å²) >= 11 is 0. The molecule has 32 heavy (non-hydrogen) atoms. The Morgan fingerprint density at radius 3 is 2.62 bits per heavy atom. The average molecular weight is 445 g/mol. The number of aromatic nitrogens is 3. The molecule has 0 saturated carbocycles. The van der Waals surface area contributed by atoms with Crippen LogP contribution in [0.5, 0.6) is 0 Å². The van der Waals surface area contributed by atoms with Gasteiger partial charge in [-0.2, -0.15) is 4.98 Å². The molecule has 0 fully saturated rings. The maximum atomic E-state index is 12.3. The van der Waals surface area contributed by atoms with Gasteiger partial charge in [0.1, 0.15) is 11.6 Å². The molecule has 8 heteroatoms. The van der Waals surface area contributed by atoms with Crippen LogP contribution >= 0.6 is 0 Å². The minimum Gasteiger partial charge on any atom is -0.377 e. The van der Waals surface area contributed by atoms with Crippen LogP contribution in [0.25, 0.3) is 0 Å². The van der Waals surface area contributed by atoms with Gasteiger partial charge in [0.15, 0.2) is 0 Å². The third-order valence-corrected chi connectivity index (χ3v) is 5.09. The second kappa shape index (κ2) is 15.5. The lowest BCUT2D eigenvalue weighted by Crippen LogP contribution is -2.24. The molecule has 0 aliphatic carbocycles. The number of pyridine rings is 1. The summed E-state index contributed by atoms with van der Waals surface area (Å²) in [6.07, 6.45) is 8.93. The molecule has 0 aliphatic heterocycles. The lowest BCUT2D eigenvalue weighted by Gasteiger charge is -2.15. The molecule has 2 aromatic heterocycles. The Balaban J connectivity index is 1.72. The lowest BCUT2D eigenvalue weighted by atomic mass is 10.3. The smallest absolute Gasteiger partial charge is 0.349 e. The summed E-state index contributed by atoms with van der Waals surface area (Å²) in [7, 11) is 2.14. The monoisotopic (exact) mass is 444 g/mol. The van der Waals surface area contributed by atoms with Crippen molar-refractivity contribution in [3.05, 3.63) is 46.6 Å². The van der Waals surface area contributed by atoms with Gasteiger partial charge in [0.2, 0.25) is 0 Å². The Morgan fingerprint density at radius 2 is 1.91 bits per heavy atom. The van der Waals surface area contributed by atoms with Gasteiger partial charge in [0.25, 0.3) is 0 Å². The van der Waals surface area contributed by atoms with Gasteiger partial charge in [-0.15, -0.1) is 0 Å². The van der Waals surface area contributed by atoms with Crippen molar-refractivity contribution in [3.8, 4) is 0 Å². The summed E-state index contributed by atoms with van der Waals surface area (Å²) in [5.74, 6) is 1.16. The molecular formula is C24H40N6O2. The van der Waals surface area contributed by atoms with Crippen LogP contribution in [0, 0.1) is 0 Å². The van der Waals surface area contributed by atoms with Gasteiger partial charge in [-0.3, -0.25) is 4.57 Å². The van der Waals surface area contributed by atoms with E-state index < -0.39 is 0 Å². The predicted octanol–water partition coefficient (Wildman–Crippen LogP) is 3.41. The van der Waals surface area contributed by atoms with Crippen molar-refractivity contribution in [1.82, 2.24) is 24.8 Å². The topological polar surface area (TPSA) is 84.3 Å². The Bertz CT molecular complexity index is 809. The first-order valence-corrected chi connectivity index (χ1v) is 11.9. The number of unbranched alkanes of at least 4 members (excludes halogenated alkanes) is 1. The molecule has 0 spiro atoms. The lowest BCUT2D eigenvalue weighted by molar-refractivity contribution is 0.118. The van der Waals surface area contributed by atoms with Crippen LogP contribution in [0.1, 0.15) is 51.5 Å². The molecule has 2 N–H and O–H groups in total. The van der Waals surface area contributed by atoms with E-state index in [1.54, 1.807) is 17.0 Å². The number of ether oxygens (including phenoxy) is 1. The zero-order valence-electron chi connectivity index (χ0n) is 20.0. The van der Waals surface area contributed by atoms with Crippen LogP contribution in [0.3, 0.4) is 0 Å². The van der Waals surface area contributed by atoms with Gasteiger partial charge in [-0.25, -0.2) is 9.78 Å². The second-order valence-corrected chi connectivity index (χ2v) is 8.13. The number of aryl methyl sites for hydroxylation is 1. The van der Waals surface area contributed by atoms with Crippen molar-refractivity contribution in [1.29, 1.82) is 0 Å². The Labute approximate surface area is 192 Å². The van der Waals surface area contributed by atoms with E-state index in [1.165, 1.54) is 0 Å². The van der Waals surface area contributed by atoms with Crippen LogP contribution in [-0.2, 0) is 17.9 Å². The standard InChI is InChI=1S/C24H40N6O2/c1-4-12-25-13-8-18-32-20-21-9-10-22(26-19-21)27-23-11-17-30(24(31)28-23)16-7-6-15-29(3)14-5-2/h9-11,17,19,25H,4-8,12-16,18,20H2,1-3H3,(H,26,27,28,31). The molecule has 8 nitrogen and oxygen atoms in total. The van der Waals surface area contributed by atoms with Gasteiger partial charge in [-0.05, 0) is 83.0 Å². The van der Waals surface area contributed by atoms with Crippen molar-refractivity contribution in [2.75, 3.05) is 45.2 Å². The van der Waals surface area contributed by atoms with E-state index in [4.69, 9.17) is 4.74 Å². The number of rotatable bonds is 17. The van der Waals surface area contributed by atoms with E-state index in [0.29, 0.717) is 24.8 Å². The minimum atomic E-state index is -0.240. The first-order valence-electron chi connectivity index (χ1n) is 11.9. The largest absolute Gasteiger partial charge is 0.377 e. The molecule has 2 heterocycles. The number of anilines is 2. The van der Waals surface area contributed by atoms with Crippen LogP contribution in [-0.4, -0.2) is 59.3 Å². The Morgan fingerprint density at radius 1 is 1.03 bits per heavy atom. The maximum absolute atomic E-state index is 12.3. The van der Waals surface area contributed by atoms with Crippen LogP contribution in [0.2, 0.25) is 0 Å². The van der Waals surface area contributed by atoms with Crippen LogP contribution < -0.4 is 16.3 Å². The molecule has 0 saturated heterocycles. The highest BCUT2D eigenvalue weighted by Gasteiger charge is 2.03. The van der Waals surface area contributed by atoms with E-state index in [1.807, 2.05) is 18.2 Å². The quantitative estimate of drug-likeness (QED) is 0.362. The molecule has 0 aromatic carbocycles. The molecular weight excluding hydrogens is 404 g/mol. The molecule has 0 amide bonds. The molecule has 0 unspecified atom stereocenters. The molecule has 0 bridgehead atoms. The van der Waals surface area contributed by atoms with Crippen LogP contribution in [0.15, 0.2) is 35.4 Å². The van der Waals surface area contributed by atoms with E-state index in [9.17, 15) is 4.79 Å². The Kier molecular flexibility index (Phi) is 12.6. The summed E-state index contributed by atoms with van der Waals surface area (Å²) in [6.45, 7) is 10.5. The highest BCUT2D eigenvalue weighted by molar-refractivity contribution is 5.50. The summed E-state index contributed by atoms with van der Waals surface area (Å²) in [5.41, 5.74) is 0.778. The summed E-state index contributed by atoms with van der Waals surface area (Å²) in [5, 5.41) is 6.46. The fourth-order valence-electron chi connectivity index (χ4n) is 3.33. The summed E-state index contributed by atoms with van der Waals surface area (Å²) in [4.78, 5) is 23.2. The van der Waals surface area contributed by atoms with E-state index >= 15 is 0 Å². The predicted molar refractivity (Wildman–Crippen MR) is 130 cm³/mol. The normalized spacial score (nSPS) is 11.2. The number of nitrogens with zero attached hydrogens (tertiary/aromatic N) is 4. The van der Waals surface area contributed by atoms with E-state index in [-0.39, 0.29) is 5.69 Å². The fraction of sp³-hybridized carbons (Fsp3) is 0.625. The Hall–Kier alpha value is -2.29. The zero-order chi connectivity index (χ0) is 23.0. The third-order valence-electron chi connectivity index (χ3n) is 5.09. The maximum Gasteiger partial charge on any atom is 0.349 e. The van der Waals surface area contributed by atoms with Crippen molar-refractivity contribution < 1.29 is 4.74 Å². The van der Waals surface area contributed by atoms with Gasteiger partial charge >= 0.3 is 5.69 Å². The number of nitrogens with one attached hydrogen (secondary N) is 2. The first-order chi connectivity index (χ1) is 15.6. The van der Waals surface area contributed by atoms with E-state index in [2.05, 4.69) is 46.4 Å². The van der Waals surface area contributed by atoms with Gasteiger partial charge in [0.05, 0.1) is 6.61 Å². The van der Waals surface area contributed by atoms with Crippen molar-refractivity contribution >= 4 is 11.6 Å².